The van der Waals surface area contributed by atoms with Gasteiger partial charge in [0, 0.05) is 17.5 Å². The Morgan fingerprint density at radius 3 is 1.73 bits per heavy atom. The fourth-order valence-electron chi connectivity index (χ4n) is 5.42. The molecule has 6 nitrogen and oxygen atoms in total. The van der Waals surface area contributed by atoms with Gasteiger partial charge in [0.2, 0.25) is 5.91 Å². The zero-order valence-corrected chi connectivity index (χ0v) is 18.0. The maximum Gasteiger partial charge on any atom is 0.338 e. The predicted molar refractivity (Wildman–Crippen MR) is 122 cm³/mol. The summed E-state index contributed by atoms with van der Waals surface area (Å²) in [5.74, 6) is -4.12. The van der Waals surface area contributed by atoms with Gasteiger partial charge in [-0.25, -0.2) is 4.79 Å². The summed E-state index contributed by atoms with van der Waals surface area (Å²) in [5.41, 5.74) is 4.87. The summed E-state index contributed by atoms with van der Waals surface area (Å²) in [6.45, 7) is 2.01. The van der Waals surface area contributed by atoms with Crippen LogP contribution in [-0.2, 0) is 14.3 Å². The molecule has 2 bridgehead atoms. The largest absolute Gasteiger partial charge is 0.481 e. The lowest BCUT2D eigenvalue weighted by Gasteiger charge is -2.48. The minimum absolute atomic E-state index is 0.279. The number of carboxylic acid groups (broad SMARTS) is 1. The number of nitrogens with one attached hydrogen (secondary N) is 1. The highest BCUT2D eigenvalue weighted by Crippen LogP contribution is 2.58. The number of ether oxygens (including phenoxy) is 1. The summed E-state index contributed by atoms with van der Waals surface area (Å²) in [6, 6.07) is 22.1. The average molecular weight is 441 g/mol. The number of hydrogen-bond donors (Lipinski definition) is 2. The lowest BCUT2D eigenvalue weighted by atomic mass is 9.54. The van der Waals surface area contributed by atoms with Crippen molar-refractivity contribution in [2.45, 2.75) is 18.8 Å². The second-order valence-corrected chi connectivity index (χ2v) is 8.39. The summed E-state index contributed by atoms with van der Waals surface area (Å²) in [7, 11) is 0. The number of aliphatic carboxylic acids is 1. The molecule has 0 heterocycles. The first-order chi connectivity index (χ1) is 16.0. The van der Waals surface area contributed by atoms with Crippen LogP contribution in [0.25, 0.3) is 0 Å². The molecule has 166 valence electrons. The standard InChI is InChI=1S/C27H23NO5/c1-2-33-27(32)15-11-13-16(14-12-15)28-25(29)23-21-17-7-3-5-9-19(17)22(24(23)26(30)31)20-10-6-4-8-18(20)21/h3-14,21-24H,2H2,1H3,(H,28,29)(H,30,31)/t21?,22?,23-,24-/m1/s1. The Morgan fingerprint density at radius 1 is 0.788 bits per heavy atom. The van der Waals surface area contributed by atoms with Crippen molar-refractivity contribution < 1.29 is 24.2 Å². The van der Waals surface area contributed by atoms with Crippen molar-refractivity contribution in [2.75, 3.05) is 11.9 Å². The van der Waals surface area contributed by atoms with Crippen molar-refractivity contribution in [3.05, 3.63) is 101 Å². The highest BCUT2D eigenvalue weighted by atomic mass is 16.5. The molecule has 33 heavy (non-hydrogen) atoms. The lowest BCUT2D eigenvalue weighted by molar-refractivity contribution is -0.148. The second kappa shape index (κ2) is 8.20. The van der Waals surface area contributed by atoms with Crippen LogP contribution in [-0.4, -0.2) is 29.6 Å². The molecule has 0 aromatic heterocycles. The summed E-state index contributed by atoms with van der Waals surface area (Å²) >= 11 is 0. The van der Waals surface area contributed by atoms with Crippen LogP contribution in [0.3, 0.4) is 0 Å². The number of fused-ring (bicyclic) bond motifs is 1. The maximum atomic E-state index is 13.5. The predicted octanol–water partition coefficient (Wildman–Crippen LogP) is 4.41. The van der Waals surface area contributed by atoms with Crippen LogP contribution in [0.15, 0.2) is 72.8 Å². The summed E-state index contributed by atoms with van der Waals surface area (Å²) in [6.07, 6.45) is 0. The van der Waals surface area contributed by atoms with Gasteiger partial charge in [-0.1, -0.05) is 48.5 Å². The molecule has 6 rings (SSSR count). The van der Waals surface area contributed by atoms with E-state index in [1.54, 1.807) is 31.2 Å². The van der Waals surface area contributed by atoms with Crippen molar-refractivity contribution in [1.29, 1.82) is 0 Å². The SMILES string of the molecule is CCOC(=O)c1ccc(NC(=O)[C@@H]2C3c4ccccc4C(c4ccccc43)[C@H]2C(=O)O)cc1. The van der Waals surface area contributed by atoms with E-state index >= 15 is 0 Å². The number of anilines is 1. The van der Waals surface area contributed by atoms with Crippen LogP contribution in [0.5, 0.6) is 0 Å². The number of carboxylic acids is 1. The quantitative estimate of drug-likeness (QED) is 0.572. The monoisotopic (exact) mass is 441 g/mol. The molecule has 3 aliphatic rings. The smallest absolute Gasteiger partial charge is 0.338 e. The van der Waals surface area contributed by atoms with Gasteiger partial charge >= 0.3 is 11.9 Å². The average Bonchev–Trinajstić information content (AvgIpc) is 2.84. The van der Waals surface area contributed by atoms with Gasteiger partial charge in [-0.2, -0.15) is 0 Å². The molecular formula is C27H23NO5. The zero-order valence-electron chi connectivity index (χ0n) is 18.0. The summed E-state index contributed by atoms with van der Waals surface area (Å²) < 4.78 is 4.99. The van der Waals surface area contributed by atoms with Gasteiger partial charge in [-0.3, -0.25) is 9.59 Å². The highest BCUT2D eigenvalue weighted by molar-refractivity contribution is 5.98. The molecule has 0 spiro atoms. The molecule has 0 saturated carbocycles. The highest BCUT2D eigenvalue weighted by Gasteiger charge is 2.55. The Hall–Kier alpha value is -3.93. The van der Waals surface area contributed by atoms with Crippen LogP contribution >= 0.6 is 0 Å². The van der Waals surface area contributed by atoms with Gasteiger partial charge in [0.05, 0.1) is 24.0 Å². The van der Waals surface area contributed by atoms with E-state index in [0.29, 0.717) is 11.3 Å². The van der Waals surface area contributed by atoms with Gasteiger partial charge in [0.1, 0.15) is 0 Å². The van der Waals surface area contributed by atoms with E-state index in [-0.39, 0.29) is 24.3 Å². The van der Waals surface area contributed by atoms with Gasteiger partial charge in [0.25, 0.3) is 0 Å². The second-order valence-electron chi connectivity index (χ2n) is 8.39. The van der Waals surface area contributed by atoms with Crippen molar-refractivity contribution in [2.24, 2.45) is 11.8 Å². The third kappa shape index (κ3) is 3.39. The molecule has 3 aromatic carbocycles. The molecule has 6 heteroatoms. The number of hydrogen-bond acceptors (Lipinski definition) is 4. The topological polar surface area (TPSA) is 92.7 Å². The van der Waals surface area contributed by atoms with Crippen LogP contribution in [0, 0.1) is 11.8 Å². The molecular weight excluding hydrogens is 418 g/mol. The minimum Gasteiger partial charge on any atom is -0.481 e. The molecule has 0 unspecified atom stereocenters. The summed E-state index contributed by atoms with van der Waals surface area (Å²) in [4.78, 5) is 37.9. The molecule has 0 radical (unpaired) electrons. The third-order valence-electron chi connectivity index (χ3n) is 6.69. The van der Waals surface area contributed by atoms with E-state index < -0.39 is 23.8 Å². The van der Waals surface area contributed by atoms with Crippen molar-refractivity contribution in [3.8, 4) is 0 Å². The zero-order chi connectivity index (χ0) is 23.1. The van der Waals surface area contributed by atoms with E-state index in [4.69, 9.17) is 4.74 Å². The Bertz CT molecular complexity index is 1200. The lowest BCUT2D eigenvalue weighted by Crippen LogP contribution is -2.48. The third-order valence-corrected chi connectivity index (χ3v) is 6.69. The van der Waals surface area contributed by atoms with Crippen LogP contribution < -0.4 is 5.32 Å². The van der Waals surface area contributed by atoms with Crippen molar-refractivity contribution in [3.63, 3.8) is 0 Å². The van der Waals surface area contributed by atoms with Gasteiger partial charge < -0.3 is 15.2 Å². The van der Waals surface area contributed by atoms with Gasteiger partial charge in [0.15, 0.2) is 0 Å². The number of esters is 1. The van der Waals surface area contributed by atoms with E-state index in [1.807, 2.05) is 48.5 Å². The molecule has 3 aromatic rings. The first kappa shape index (κ1) is 20.9. The molecule has 2 atom stereocenters. The first-order valence-electron chi connectivity index (χ1n) is 11.0. The Kier molecular flexibility index (Phi) is 5.21. The fourth-order valence-corrected chi connectivity index (χ4v) is 5.42. The van der Waals surface area contributed by atoms with E-state index in [2.05, 4.69) is 5.32 Å². The Morgan fingerprint density at radius 2 is 1.27 bits per heavy atom. The van der Waals surface area contributed by atoms with E-state index in [9.17, 15) is 19.5 Å². The van der Waals surface area contributed by atoms with Crippen LogP contribution in [0.1, 0.15) is 51.4 Å². The number of benzene rings is 3. The normalized spacial score (nSPS) is 22.1. The van der Waals surface area contributed by atoms with E-state index in [1.165, 1.54) is 0 Å². The van der Waals surface area contributed by atoms with Crippen LogP contribution in [0.2, 0.25) is 0 Å². The van der Waals surface area contributed by atoms with Crippen LogP contribution in [0.4, 0.5) is 5.69 Å². The van der Waals surface area contributed by atoms with Gasteiger partial charge in [-0.05, 0) is 53.4 Å². The number of carbonyl (C=O) groups excluding carboxylic acids is 2. The molecule has 2 N–H and O–H groups in total. The molecule has 0 saturated heterocycles. The molecule has 1 amide bonds. The van der Waals surface area contributed by atoms with Crippen molar-refractivity contribution >= 4 is 23.5 Å². The Balaban J connectivity index is 1.52. The van der Waals surface area contributed by atoms with E-state index in [0.717, 1.165) is 22.3 Å². The number of amides is 1. The number of rotatable bonds is 5. The van der Waals surface area contributed by atoms with Gasteiger partial charge in [-0.15, -0.1) is 0 Å². The fraction of sp³-hybridized carbons (Fsp3) is 0.222. The molecule has 3 aliphatic carbocycles. The summed E-state index contributed by atoms with van der Waals surface area (Å²) in [5, 5.41) is 13.1. The first-order valence-corrected chi connectivity index (χ1v) is 11.0. The molecule has 0 aliphatic heterocycles. The Labute approximate surface area is 191 Å². The van der Waals surface area contributed by atoms with Crippen molar-refractivity contribution in [1.82, 2.24) is 0 Å². The maximum absolute atomic E-state index is 13.5. The number of carbonyl (C=O) groups is 3. The minimum atomic E-state index is -0.980. The molecule has 0 fully saturated rings.